The third-order valence-corrected chi connectivity index (χ3v) is 6.79. The number of ether oxygens (including phenoxy) is 1. The van der Waals surface area contributed by atoms with Crippen LogP contribution in [0, 0.1) is 6.92 Å². The number of hydrogen-bond donors (Lipinski definition) is 1. The van der Waals surface area contributed by atoms with Crippen LogP contribution in [-0.4, -0.2) is 27.8 Å². The van der Waals surface area contributed by atoms with Crippen LogP contribution in [0.25, 0.3) is 11.0 Å². The molecule has 28 heavy (non-hydrogen) atoms. The summed E-state index contributed by atoms with van der Waals surface area (Å²) >= 11 is 1.62. The first-order valence-electron chi connectivity index (χ1n) is 9.37. The van der Waals surface area contributed by atoms with E-state index in [1.165, 1.54) is 0 Å². The zero-order chi connectivity index (χ0) is 20.3. The van der Waals surface area contributed by atoms with Gasteiger partial charge in [0.1, 0.15) is 5.75 Å². The van der Waals surface area contributed by atoms with E-state index in [0.29, 0.717) is 5.75 Å². The highest BCUT2D eigenvalue weighted by Crippen LogP contribution is 2.47. The number of benzene rings is 1. The second-order valence-electron chi connectivity index (χ2n) is 8.41. The number of carbonyl (C=O) groups is 1. The largest absolute Gasteiger partial charge is 0.496 e. The van der Waals surface area contributed by atoms with E-state index < -0.39 is 10.8 Å². The number of rotatable bonds is 4. The van der Waals surface area contributed by atoms with Crippen LogP contribution in [0.15, 0.2) is 29.6 Å². The molecule has 146 valence electrons. The van der Waals surface area contributed by atoms with Crippen LogP contribution in [0.3, 0.4) is 0 Å². The number of Topliss-reactive ketones (excluding diaryl/α,β-unsaturated/α-hetero) is 1. The van der Waals surface area contributed by atoms with Gasteiger partial charge in [-0.15, -0.1) is 0 Å². The van der Waals surface area contributed by atoms with Gasteiger partial charge in [0.05, 0.1) is 23.8 Å². The van der Waals surface area contributed by atoms with Gasteiger partial charge in [0, 0.05) is 28.3 Å². The van der Waals surface area contributed by atoms with E-state index in [9.17, 15) is 4.79 Å². The fraction of sp³-hybridized carbons (Fsp3) is 0.409. The van der Waals surface area contributed by atoms with Gasteiger partial charge in [-0.25, -0.2) is 4.98 Å². The van der Waals surface area contributed by atoms with Gasteiger partial charge in [0.25, 0.3) is 0 Å². The molecule has 0 fully saturated rings. The summed E-state index contributed by atoms with van der Waals surface area (Å²) in [7, 11) is 1.67. The minimum Gasteiger partial charge on any atom is -0.496 e. The highest BCUT2D eigenvalue weighted by molar-refractivity contribution is 7.98. The average molecular weight is 396 g/mol. The monoisotopic (exact) mass is 395 g/mol. The van der Waals surface area contributed by atoms with Crippen LogP contribution in [0.2, 0.25) is 0 Å². The van der Waals surface area contributed by atoms with Crippen molar-refractivity contribution in [1.29, 1.82) is 0 Å². The topological polar surface area (TPSA) is 67.9 Å². The lowest BCUT2D eigenvalue weighted by atomic mass is 9.80. The van der Waals surface area contributed by atoms with Gasteiger partial charge in [0.15, 0.2) is 10.9 Å². The van der Waals surface area contributed by atoms with E-state index in [2.05, 4.69) is 22.1 Å². The molecule has 0 unspecified atom stereocenters. The van der Waals surface area contributed by atoms with Crippen molar-refractivity contribution in [2.24, 2.45) is 0 Å². The number of imidazole rings is 1. The van der Waals surface area contributed by atoms with Crippen LogP contribution in [0.1, 0.15) is 50.1 Å². The summed E-state index contributed by atoms with van der Waals surface area (Å²) < 4.78 is 5.38. The Morgan fingerprint density at radius 3 is 2.50 bits per heavy atom. The molecule has 1 aromatic carbocycles. The molecule has 6 heteroatoms. The number of nitrogens with zero attached hydrogens (tertiary/aromatic N) is 2. The Labute approximate surface area is 169 Å². The lowest BCUT2D eigenvalue weighted by Crippen LogP contribution is -2.33. The fourth-order valence-corrected chi connectivity index (χ4v) is 5.13. The molecule has 1 N–H and O–H groups in total. The van der Waals surface area contributed by atoms with Gasteiger partial charge in [-0.2, -0.15) is 0 Å². The Hall–Kier alpha value is -2.34. The average Bonchev–Trinajstić information content (AvgIpc) is 3.12. The molecule has 0 saturated heterocycles. The number of hydrogen-bond acceptors (Lipinski definition) is 5. The van der Waals surface area contributed by atoms with Crippen molar-refractivity contribution < 1.29 is 9.53 Å². The van der Waals surface area contributed by atoms with E-state index >= 15 is 0 Å². The van der Waals surface area contributed by atoms with Gasteiger partial charge in [0.2, 0.25) is 0 Å². The van der Waals surface area contributed by atoms with E-state index in [-0.39, 0.29) is 5.78 Å². The second kappa shape index (κ2) is 6.34. The molecule has 0 amide bonds. The predicted molar refractivity (Wildman–Crippen MR) is 112 cm³/mol. The minimum atomic E-state index is -0.485. The number of thioether (sulfide) groups is 1. The zero-order valence-corrected chi connectivity index (χ0v) is 18.0. The van der Waals surface area contributed by atoms with Crippen molar-refractivity contribution in [3.8, 4) is 5.75 Å². The lowest BCUT2D eigenvalue weighted by molar-refractivity contribution is -0.126. The number of nitrogens with one attached hydrogen (secondary N) is 1. The van der Waals surface area contributed by atoms with Crippen molar-refractivity contribution in [3.05, 3.63) is 46.8 Å². The maximum Gasteiger partial charge on any atom is 0.166 e. The van der Waals surface area contributed by atoms with Gasteiger partial charge >= 0.3 is 0 Å². The van der Waals surface area contributed by atoms with Crippen LogP contribution < -0.4 is 4.74 Å². The highest BCUT2D eigenvalue weighted by atomic mass is 32.2. The summed E-state index contributed by atoms with van der Waals surface area (Å²) in [4.78, 5) is 25.5. The Morgan fingerprint density at radius 2 is 1.82 bits per heavy atom. The Morgan fingerprint density at radius 1 is 1.14 bits per heavy atom. The number of carbonyl (C=O) groups excluding carboxylic acids is 1. The number of ketones is 1. The summed E-state index contributed by atoms with van der Waals surface area (Å²) in [6.45, 7) is 10.1. The van der Waals surface area contributed by atoms with E-state index in [4.69, 9.17) is 9.72 Å². The third kappa shape index (κ3) is 2.73. The number of aromatic amines is 1. The van der Waals surface area contributed by atoms with Gasteiger partial charge in [-0.05, 0) is 63.9 Å². The summed E-state index contributed by atoms with van der Waals surface area (Å²) in [6, 6.07) is 6.05. The lowest BCUT2D eigenvalue weighted by Gasteiger charge is -2.21. The van der Waals surface area contributed by atoms with Crippen molar-refractivity contribution >= 4 is 28.6 Å². The van der Waals surface area contributed by atoms with Crippen molar-refractivity contribution in [2.75, 3.05) is 7.11 Å². The first-order chi connectivity index (χ1) is 13.2. The van der Waals surface area contributed by atoms with Gasteiger partial charge in [-0.1, -0.05) is 11.8 Å². The molecule has 0 aliphatic heterocycles. The molecule has 5 nitrogen and oxygen atoms in total. The molecular formula is C22H25N3O2S. The molecule has 2 aromatic heterocycles. The number of fused-ring (bicyclic) bond motifs is 2. The molecule has 0 bridgehead atoms. The Balaban J connectivity index is 1.66. The second-order valence-corrected chi connectivity index (χ2v) is 9.37. The highest BCUT2D eigenvalue weighted by Gasteiger charge is 2.50. The van der Waals surface area contributed by atoms with E-state index in [1.807, 2.05) is 40.7 Å². The fourth-order valence-electron chi connectivity index (χ4n) is 4.22. The molecule has 4 rings (SSSR count). The summed E-state index contributed by atoms with van der Waals surface area (Å²) in [5.74, 6) is 1.82. The molecule has 0 saturated carbocycles. The maximum atomic E-state index is 12.9. The maximum absolute atomic E-state index is 12.9. The first-order valence-corrected chi connectivity index (χ1v) is 10.4. The number of aromatic nitrogens is 3. The summed E-state index contributed by atoms with van der Waals surface area (Å²) in [5, 5.41) is 0.852. The first kappa shape index (κ1) is 19.0. The molecule has 0 spiro atoms. The van der Waals surface area contributed by atoms with Gasteiger partial charge in [-0.3, -0.25) is 9.78 Å². The predicted octanol–water partition coefficient (Wildman–Crippen LogP) is 4.71. The van der Waals surface area contributed by atoms with E-state index in [0.717, 1.165) is 44.3 Å². The summed E-state index contributed by atoms with van der Waals surface area (Å²) in [5.41, 5.74) is 5.12. The van der Waals surface area contributed by atoms with Crippen molar-refractivity contribution in [1.82, 2.24) is 15.0 Å². The van der Waals surface area contributed by atoms with Crippen molar-refractivity contribution in [3.63, 3.8) is 0 Å². The number of methoxy groups -OCH3 is 1. The minimum absolute atomic E-state index is 0.261. The van der Waals surface area contributed by atoms with Crippen LogP contribution in [0.4, 0.5) is 0 Å². The van der Waals surface area contributed by atoms with Crippen LogP contribution in [0.5, 0.6) is 5.75 Å². The molecule has 0 radical (unpaired) electrons. The Bertz CT molecular complexity index is 1040. The quantitative estimate of drug-likeness (QED) is 0.648. The molecule has 1 aliphatic carbocycles. The Kier molecular flexibility index (Phi) is 4.30. The third-order valence-electron chi connectivity index (χ3n) is 5.91. The van der Waals surface area contributed by atoms with Crippen LogP contribution >= 0.6 is 11.8 Å². The number of pyridine rings is 1. The molecular weight excluding hydrogens is 370 g/mol. The normalized spacial score (nSPS) is 17.1. The molecule has 0 atom stereocenters. The van der Waals surface area contributed by atoms with Crippen molar-refractivity contribution in [2.45, 2.75) is 56.4 Å². The number of H-pyrrole nitrogens is 1. The summed E-state index contributed by atoms with van der Waals surface area (Å²) in [6.07, 6.45) is 1.77. The van der Waals surface area contributed by atoms with E-state index in [1.54, 1.807) is 25.1 Å². The molecule has 1 aliphatic rings. The van der Waals surface area contributed by atoms with Gasteiger partial charge < -0.3 is 9.72 Å². The van der Waals surface area contributed by atoms with Crippen LogP contribution in [-0.2, 0) is 21.4 Å². The standard InChI is InChI=1S/C22H25N3O2S/c1-12-17(23-8-7-18(12)27-6)11-28-20-24-15-9-13-14(10-16(15)25-20)22(4,5)19(26)21(13,2)3/h7-10H,11H2,1-6H3,(H,24,25). The SMILES string of the molecule is COc1ccnc(CSc2nc3cc4c(cc3[nH]2)C(C)(C)C(=O)C4(C)C)c1C. The molecule has 2 heterocycles. The smallest absolute Gasteiger partial charge is 0.166 e. The molecule has 3 aromatic rings. The zero-order valence-electron chi connectivity index (χ0n) is 17.1.